The Morgan fingerprint density at radius 1 is 0.906 bits per heavy atom. The van der Waals surface area contributed by atoms with Crippen LogP contribution in [0.3, 0.4) is 0 Å². The third-order valence-electron chi connectivity index (χ3n) is 11.2. The predicted molar refractivity (Wildman–Crippen MR) is 192 cm³/mol. The highest BCUT2D eigenvalue weighted by Crippen LogP contribution is 2.65. The predicted octanol–water partition coefficient (Wildman–Crippen LogP) is 4.06. The molecule has 6 atom stereocenters. The highest BCUT2D eigenvalue weighted by Gasteiger charge is 2.70. The van der Waals surface area contributed by atoms with Crippen molar-refractivity contribution in [2.75, 3.05) is 17.4 Å². The molecule has 0 spiro atoms. The number of allylic oxidation sites excluding steroid dienone is 2. The average Bonchev–Trinajstić information content (AvgIpc) is 3.53. The summed E-state index contributed by atoms with van der Waals surface area (Å²) in [6.07, 6.45) is 1.97. The van der Waals surface area contributed by atoms with Gasteiger partial charge in [0.15, 0.2) is 11.5 Å². The second-order valence-corrected chi connectivity index (χ2v) is 14.2. The van der Waals surface area contributed by atoms with Crippen molar-refractivity contribution < 1.29 is 43.5 Å². The van der Waals surface area contributed by atoms with Crippen molar-refractivity contribution in [2.24, 2.45) is 23.7 Å². The van der Waals surface area contributed by atoms with E-state index in [9.17, 15) is 33.9 Å². The lowest BCUT2D eigenvalue weighted by atomic mass is 9.49. The fourth-order valence-electron chi connectivity index (χ4n) is 9.02. The minimum atomic E-state index is -1.83. The molecule has 14 heteroatoms. The number of ether oxygens (including phenoxy) is 1. The van der Waals surface area contributed by atoms with Crippen LogP contribution in [0.5, 0.6) is 11.5 Å². The van der Waals surface area contributed by atoms with Crippen LogP contribution in [0.1, 0.15) is 29.9 Å². The Labute approximate surface area is 308 Å². The summed E-state index contributed by atoms with van der Waals surface area (Å²) < 4.78 is 19.4. The lowest BCUT2D eigenvalue weighted by Gasteiger charge is -2.50. The number of carbonyl (C=O) groups is 4. The molecule has 268 valence electrons. The van der Waals surface area contributed by atoms with Gasteiger partial charge in [-0.1, -0.05) is 59.6 Å². The summed E-state index contributed by atoms with van der Waals surface area (Å²) in [4.78, 5) is 59.7. The van der Waals surface area contributed by atoms with Gasteiger partial charge < -0.3 is 19.9 Å². The lowest BCUT2D eigenvalue weighted by Crippen LogP contribution is -2.53. The van der Waals surface area contributed by atoms with Crippen molar-refractivity contribution >= 4 is 59.2 Å². The summed E-state index contributed by atoms with van der Waals surface area (Å²) in [6, 6.07) is 22.5. The molecule has 2 saturated heterocycles. The Balaban J connectivity index is 1.33. The number of hydrazine groups is 1. The van der Waals surface area contributed by atoms with Crippen LogP contribution in [0.15, 0.2) is 103 Å². The maximum atomic E-state index is 15.2. The van der Waals surface area contributed by atoms with Crippen LogP contribution in [-0.2, 0) is 24.6 Å². The zero-order valence-electron chi connectivity index (χ0n) is 28.1. The molecule has 53 heavy (non-hydrogen) atoms. The summed E-state index contributed by atoms with van der Waals surface area (Å²) in [5, 5.41) is 32.7. The van der Waals surface area contributed by atoms with Crippen molar-refractivity contribution in [3.63, 3.8) is 0 Å². The third kappa shape index (κ3) is 5.17. The minimum absolute atomic E-state index is 0.00865. The van der Waals surface area contributed by atoms with Gasteiger partial charge >= 0.3 is 7.12 Å². The van der Waals surface area contributed by atoms with Crippen LogP contribution >= 0.6 is 11.6 Å². The number of phenols is 1. The van der Waals surface area contributed by atoms with Crippen LogP contribution in [-0.4, -0.2) is 58.0 Å². The van der Waals surface area contributed by atoms with Crippen molar-refractivity contribution in [3.8, 4) is 11.5 Å². The molecule has 0 bridgehead atoms. The van der Waals surface area contributed by atoms with Gasteiger partial charge in [-0.05, 0) is 84.4 Å². The van der Waals surface area contributed by atoms with E-state index in [1.807, 2.05) is 6.08 Å². The zero-order chi connectivity index (χ0) is 37.3. The number of nitrogens with zero attached hydrogens (tertiary/aromatic N) is 2. The molecule has 4 N–H and O–H groups in total. The summed E-state index contributed by atoms with van der Waals surface area (Å²) in [5.74, 6) is -7.50. The first-order chi connectivity index (χ1) is 25.5. The number of hydrogen-bond donors (Lipinski definition) is 4. The molecule has 0 aromatic heterocycles. The Hall–Kier alpha value is -5.50. The Morgan fingerprint density at radius 3 is 2.32 bits per heavy atom. The van der Waals surface area contributed by atoms with E-state index in [1.54, 1.807) is 42.5 Å². The molecule has 4 aromatic rings. The van der Waals surface area contributed by atoms with Crippen molar-refractivity contribution in [2.45, 2.75) is 24.2 Å². The maximum Gasteiger partial charge on any atom is 0.488 e. The number of rotatable bonds is 7. The number of hydrogen-bond acceptors (Lipinski definition) is 9. The molecule has 2 heterocycles. The average molecular weight is 736 g/mol. The van der Waals surface area contributed by atoms with E-state index in [0.29, 0.717) is 16.2 Å². The second kappa shape index (κ2) is 12.9. The first-order valence-electron chi connectivity index (χ1n) is 17.0. The number of benzene rings is 4. The van der Waals surface area contributed by atoms with Crippen LogP contribution in [0.4, 0.5) is 15.8 Å². The molecule has 1 saturated carbocycles. The van der Waals surface area contributed by atoms with E-state index < -0.39 is 71.6 Å². The lowest BCUT2D eigenvalue weighted by molar-refractivity contribution is -0.138. The fraction of sp³-hybridized carbons (Fsp3) is 0.231. The van der Waals surface area contributed by atoms with Crippen LogP contribution in [0.25, 0.3) is 0 Å². The molecule has 0 unspecified atom stereocenters. The number of para-hydroxylation sites is 1. The van der Waals surface area contributed by atoms with E-state index in [1.165, 1.54) is 55.6 Å². The molecule has 8 rings (SSSR count). The smallest absolute Gasteiger partial charge is 0.488 e. The molecule has 3 fully saturated rings. The number of phenolic OH excluding ortho intramolecular Hbond substituents is 1. The van der Waals surface area contributed by atoms with Crippen molar-refractivity contribution in [1.82, 2.24) is 5.01 Å². The molecule has 2 aliphatic heterocycles. The van der Waals surface area contributed by atoms with E-state index >= 15 is 4.79 Å². The minimum Gasteiger partial charge on any atom is -0.504 e. The summed E-state index contributed by atoms with van der Waals surface area (Å²) >= 11 is 6.34. The Bertz CT molecular complexity index is 2220. The van der Waals surface area contributed by atoms with E-state index in [0.717, 1.165) is 9.91 Å². The number of carbonyl (C=O) groups excluding carboxylic acids is 4. The van der Waals surface area contributed by atoms with Gasteiger partial charge in [0.1, 0.15) is 5.82 Å². The first kappa shape index (κ1) is 34.6. The van der Waals surface area contributed by atoms with Crippen LogP contribution in [0, 0.1) is 29.5 Å². The molecular formula is C39H32BClFN3O8. The SMILES string of the molecule is COc1cccc([C@H]2C3=CC[C@@H]4C(=O)N(c5cccc(B(O)O)c5)C(=O)[C@@H]4[C@@H]3C[C@H]3C(=O)N(Nc4ccc(F)cc4)C(=O)[C@@]23c2ccc(Cl)cc2)c1O. The number of aromatic hydroxyl groups is 1. The topological polar surface area (TPSA) is 157 Å². The number of amides is 4. The summed E-state index contributed by atoms with van der Waals surface area (Å²) in [5.41, 5.74) is 3.08. The Morgan fingerprint density at radius 2 is 1.62 bits per heavy atom. The molecule has 11 nitrogen and oxygen atoms in total. The Kier molecular flexibility index (Phi) is 8.40. The molecule has 4 amide bonds. The molecule has 0 radical (unpaired) electrons. The number of halogens is 2. The van der Waals surface area contributed by atoms with Crippen molar-refractivity contribution in [3.05, 3.63) is 125 Å². The number of methoxy groups -OCH3 is 1. The zero-order valence-corrected chi connectivity index (χ0v) is 28.9. The van der Waals surface area contributed by atoms with E-state index in [4.69, 9.17) is 16.3 Å². The summed E-state index contributed by atoms with van der Waals surface area (Å²) in [7, 11) is -0.433. The summed E-state index contributed by atoms with van der Waals surface area (Å²) in [6.45, 7) is 0. The first-order valence-corrected chi connectivity index (χ1v) is 17.4. The van der Waals surface area contributed by atoms with Gasteiger partial charge in [0.2, 0.25) is 11.8 Å². The molecule has 2 aliphatic carbocycles. The highest BCUT2D eigenvalue weighted by molar-refractivity contribution is 6.58. The van der Waals surface area contributed by atoms with Gasteiger partial charge in [0.05, 0.1) is 41.7 Å². The van der Waals surface area contributed by atoms with Crippen molar-refractivity contribution in [1.29, 1.82) is 0 Å². The number of anilines is 2. The second-order valence-electron chi connectivity index (χ2n) is 13.8. The fourth-order valence-corrected chi connectivity index (χ4v) is 9.14. The number of imide groups is 2. The normalized spacial score (nSPS) is 26.2. The van der Waals surface area contributed by atoms with Gasteiger partial charge in [0, 0.05) is 16.5 Å². The van der Waals surface area contributed by atoms with Gasteiger partial charge in [-0.2, -0.15) is 5.01 Å². The molecule has 4 aromatic carbocycles. The number of fused-ring (bicyclic) bond motifs is 4. The highest BCUT2D eigenvalue weighted by atomic mass is 35.5. The van der Waals surface area contributed by atoms with Crippen LogP contribution < -0.4 is 20.5 Å². The standard InChI is InChI=1S/C39H32BClFN3O8/c1-53-31-7-3-6-28(34(31)46)33-26-16-17-27-32(37(49)44(35(27)47)25-5-2-4-21(18-25)40(51)52)29(26)19-30-36(48)45(43-24-14-12-23(42)13-15-24)38(50)39(30,33)20-8-10-22(41)11-9-20/h2-16,18,27,29-30,32-33,43,46,51-52H,17,19H2,1H3/t27-,29+,30-,32-,33+,39+/m0/s1. The third-order valence-corrected chi connectivity index (χ3v) is 11.5. The maximum absolute atomic E-state index is 15.2. The monoisotopic (exact) mass is 735 g/mol. The molecule has 4 aliphatic rings. The van der Waals surface area contributed by atoms with Crippen LogP contribution in [0.2, 0.25) is 5.02 Å². The van der Waals surface area contributed by atoms with Gasteiger partial charge in [-0.15, -0.1) is 0 Å². The van der Waals surface area contributed by atoms with Gasteiger partial charge in [-0.3, -0.25) is 29.5 Å². The quantitative estimate of drug-likeness (QED) is 0.125. The largest absolute Gasteiger partial charge is 0.504 e. The van der Waals surface area contributed by atoms with E-state index in [-0.39, 0.29) is 46.7 Å². The number of nitrogens with one attached hydrogen (secondary N) is 1. The molecular weight excluding hydrogens is 704 g/mol. The van der Waals surface area contributed by atoms with Gasteiger partial charge in [-0.25, -0.2) is 4.39 Å². The van der Waals surface area contributed by atoms with Gasteiger partial charge in [0.25, 0.3) is 11.8 Å². The van der Waals surface area contributed by atoms with E-state index in [2.05, 4.69) is 5.43 Å².